The summed E-state index contributed by atoms with van der Waals surface area (Å²) in [5, 5.41) is 2.75. The van der Waals surface area contributed by atoms with Crippen LogP contribution in [0.5, 0.6) is 0 Å². The summed E-state index contributed by atoms with van der Waals surface area (Å²) in [6.07, 6.45) is 0.356. The number of nitrogens with zero attached hydrogens (tertiary/aromatic N) is 1. The summed E-state index contributed by atoms with van der Waals surface area (Å²) >= 11 is 3.26. The van der Waals surface area contributed by atoms with E-state index < -0.39 is 0 Å². The van der Waals surface area contributed by atoms with E-state index in [1.165, 1.54) is 0 Å². The largest absolute Gasteiger partial charge is 0.310 e. The van der Waals surface area contributed by atoms with Gasteiger partial charge in [-0.15, -0.1) is 0 Å². The summed E-state index contributed by atoms with van der Waals surface area (Å²) in [5.74, 6) is 0.488. The highest BCUT2D eigenvalue weighted by atomic mass is 79.9. The van der Waals surface area contributed by atoms with Crippen LogP contribution in [0.3, 0.4) is 0 Å². The minimum atomic E-state index is -0.0678. The van der Waals surface area contributed by atoms with E-state index in [-0.39, 0.29) is 5.91 Å². The Bertz CT molecular complexity index is 514. The molecular weight excluding hydrogens is 280 g/mol. The van der Waals surface area contributed by atoms with Crippen molar-refractivity contribution in [3.63, 3.8) is 0 Å². The van der Waals surface area contributed by atoms with Crippen molar-refractivity contribution in [3.8, 4) is 0 Å². The maximum atomic E-state index is 11.7. The quantitative estimate of drug-likeness (QED) is 0.883. The van der Waals surface area contributed by atoms with Crippen molar-refractivity contribution in [1.82, 2.24) is 4.98 Å². The van der Waals surface area contributed by atoms with Crippen molar-refractivity contribution in [2.75, 3.05) is 5.32 Å². The van der Waals surface area contributed by atoms with Crippen molar-refractivity contribution in [2.45, 2.75) is 6.42 Å². The van der Waals surface area contributed by atoms with Gasteiger partial charge in [0.25, 0.3) is 0 Å². The van der Waals surface area contributed by atoms with Gasteiger partial charge >= 0.3 is 0 Å². The van der Waals surface area contributed by atoms with Gasteiger partial charge in [-0.25, -0.2) is 4.98 Å². The predicted octanol–water partition coefficient (Wildman–Crippen LogP) is 3.03. The lowest BCUT2D eigenvalue weighted by molar-refractivity contribution is -0.115. The maximum absolute atomic E-state index is 11.7. The zero-order valence-electron chi connectivity index (χ0n) is 9.06. The van der Waals surface area contributed by atoms with Gasteiger partial charge in [0.15, 0.2) is 0 Å². The first kappa shape index (κ1) is 11.8. The van der Waals surface area contributed by atoms with Gasteiger partial charge in [0.05, 0.1) is 6.42 Å². The number of rotatable bonds is 3. The van der Waals surface area contributed by atoms with E-state index in [0.717, 1.165) is 5.56 Å². The molecule has 1 aromatic carbocycles. The van der Waals surface area contributed by atoms with Crippen LogP contribution in [0, 0.1) is 0 Å². The molecule has 0 unspecified atom stereocenters. The van der Waals surface area contributed by atoms with Crippen LogP contribution < -0.4 is 5.32 Å². The lowest BCUT2D eigenvalue weighted by Gasteiger charge is -2.04. The fraction of sp³-hybridized carbons (Fsp3) is 0.0769. The molecule has 0 aliphatic carbocycles. The Labute approximate surface area is 108 Å². The number of hydrogen-bond donors (Lipinski definition) is 1. The zero-order valence-corrected chi connectivity index (χ0v) is 10.6. The minimum absolute atomic E-state index is 0.0678. The van der Waals surface area contributed by atoms with Crippen LogP contribution in [-0.2, 0) is 11.2 Å². The predicted molar refractivity (Wildman–Crippen MR) is 70.7 cm³/mol. The summed E-state index contributed by atoms with van der Waals surface area (Å²) < 4.78 is 0.704. The minimum Gasteiger partial charge on any atom is -0.310 e. The molecule has 1 aromatic heterocycles. The average Bonchev–Trinajstić information content (AvgIpc) is 2.30. The number of halogens is 1. The van der Waals surface area contributed by atoms with Crippen LogP contribution >= 0.6 is 15.9 Å². The first-order valence-electron chi connectivity index (χ1n) is 5.20. The maximum Gasteiger partial charge on any atom is 0.229 e. The number of carbonyl (C=O) groups is 1. The topological polar surface area (TPSA) is 42.0 Å². The Morgan fingerprint density at radius 1 is 1.12 bits per heavy atom. The van der Waals surface area contributed by atoms with E-state index in [4.69, 9.17) is 0 Å². The molecule has 1 heterocycles. The molecule has 0 spiro atoms. The number of aromatic nitrogens is 1. The Hall–Kier alpha value is -1.68. The molecule has 1 amide bonds. The summed E-state index contributed by atoms with van der Waals surface area (Å²) in [7, 11) is 0. The molecule has 17 heavy (non-hydrogen) atoms. The van der Waals surface area contributed by atoms with Gasteiger partial charge in [0, 0.05) is 0 Å². The van der Waals surface area contributed by atoms with Crippen LogP contribution in [0.25, 0.3) is 0 Å². The smallest absolute Gasteiger partial charge is 0.229 e. The van der Waals surface area contributed by atoms with E-state index >= 15 is 0 Å². The fourth-order valence-electron chi connectivity index (χ4n) is 1.45. The number of hydrogen-bond acceptors (Lipinski definition) is 2. The first-order valence-corrected chi connectivity index (χ1v) is 6.00. The molecule has 0 saturated heterocycles. The van der Waals surface area contributed by atoms with Crippen molar-refractivity contribution in [3.05, 3.63) is 58.7 Å². The monoisotopic (exact) mass is 290 g/mol. The van der Waals surface area contributed by atoms with E-state index in [9.17, 15) is 4.79 Å². The third kappa shape index (κ3) is 3.67. The van der Waals surface area contributed by atoms with Gasteiger partial charge in [-0.3, -0.25) is 4.79 Å². The lowest BCUT2D eigenvalue weighted by Crippen LogP contribution is -2.15. The normalized spacial score (nSPS) is 9.94. The summed E-state index contributed by atoms with van der Waals surface area (Å²) in [6, 6.07) is 15.0. The molecule has 3 nitrogen and oxygen atoms in total. The van der Waals surface area contributed by atoms with Crippen LogP contribution in [0.2, 0.25) is 0 Å². The second-order valence-electron chi connectivity index (χ2n) is 3.56. The highest BCUT2D eigenvalue weighted by Gasteiger charge is 2.04. The Morgan fingerprint density at radius 3 is 2.59 bits per heavy atom. The Kier molecular flexibility index (Phi) is 3.88. The van der Waals surface area contributed by atoms with Crippen LogP contribution in [0.4, 0.5) is 5.82 Å². The fourth-order valence-corrected chi connectivity index (χ4v) is 1.79. The van der Waals surface area contributed by atoms with E-state index in [1.54, 1.807) is 6.07 Å². The van der Waals surface area contributed by atoms with Crippen LogP contribution in [-0.4, -0.2) is 10.9 Å². The van der Waals surface area contributed by atoms with E-state index in [2.05, 4.69) is 26.2 Å². The molecule has 2 rings (SSSR count). The average molecular weight is 291 g/mol. The molecule has 0 saturated carbocycles. The van der Waals surface area contributed by atoms with Crippen molar-refractivity contribution in [1.29, 1.82) is 0 Å². The third-order valence-corrected chi connectivity index (χ3v) is 2.63. The number of amides is 1. The molecular formula is C13H11BrN2O. The van der Waals surface area contributed by atoms with Crippen molar-refractivity contribution < 1.29 is 4.79 Å². The molecule has 2 aromatic rings. The molecule has 0 bridgehead atoms. The van der Waals surface area contributed by atoms with Gasteiger partial charge < -0.3 is 5.32 Å². The highest BCUT2D eigenvalue weighted by molar-refractivity contribution is 9.10. The molecule has 0 atom stereocenters. The van der Waals surface area contributed by atoms with Crippen molar-refractivity contribution in [2.24, 2.45) is 0 Å². The zero-order chi connectivity index (χ0) is 12.1. The highest BCUT2D eigenvalue weighted by Crippen LogP contribution is 2.10. The standard InChI is InChI=1S/C13H11BrN2O/c14-11-7-4-8-12(15-11)16-13(17)9-10-5-2-1-3-6-10/h1-8H,9H2,(H,15,16,17). The molecule has 0 radical (unpaired) electrons. The Balaban J connectivity index is 1.98. The van der Waals surface area contributed by atoms with E-state index in [1.807, 2.05) is 42.5 Å². The number of pyridine rings is 1. The number of carbonyl (C=O) groups excluding carboxylic acids is 1. The molecule has 86 valence electrons. The molecule has 1 N–H and O–H groups in total. The molecule has 4 heteroatoms. The summed E-state index contributed by atoms with van der Waals surface area (Å²) in [5.41, 5.74) is 0.986. The van der Waals surface area contributed by atoms with E-state index in [0.29, 0.717) is 16.8 Å². The number of anilines is 1. The second-order valence-corrected chi connectivity index (χ2v) is 4.37. The van der Waals surface area contributed by atoms with Gasteiger partial charge in [0.2, 0.25) is 5.91 Å². The summed E-state index contributed by atoms with van der Waals surface area (Å²) in [6.45, 7) is 0. The molecule has 0 aliphatic rings. The van der Waals surface area contributed by atoms with Gasteiger partial charge in [-0.2, -0.15) is 0 Å². The van der Waals surface area contributed by atoms with Gasteiger partial charge in [0.1, 0.15) is 10.4 Å². The van der Waals surface area contributed by atoms with Gasteiger partial charge in [-0.1, -0.05) is 36.4 Å². The Morgan fingerprint density at radius 2 is 1.88 bits per heavy atom. The lowest BCUT2D eigenvalue weighted by atomic mass is 10.1. The van der Waals surface area contributed by atoms with Crippen molar-refractivity contribution >= 4 is 27.7 Å². The second kappa shape index (κ2) is 5.59. The number of benzene rings is 1. The number of nitrogens with one attached hydrogen (secondary N) is 1. The summed E-state index contributed by atoms with van der Waals surface area (Å²) in [4.78, 5) is 15.9. The third-order valence-electron chi connectivity index (χ3n) is 2.19. The van der Waals surface area contributed by atoms with Gasteiger partial charge in [-0.05, 0) is 33.6 Å². The van der Waals surface area contributed by atoms with Crippen LogP contribution in [0.15, 0.2) is 53.1 Å². The molecule has 0 aliphatic heterocycles. The first-order chi connectivity index (χ1) is 8.24. The van der Waals surface area contributed by atoms with Crippen LogP contribution in [0.1, 0.15) is 5.56 Å². The molecule has 0 fully saturated rings. The SMILES string of the molecule is O=C(Cc1ccccc1)Nc1cccc(Br)n1.